The molecule has 0 bridgehead atoms. The van der Waals surface area contributed by atoms with E-state index < -0.39 is 159 Å². The maximum atomic E-state index is 15.1. The van der Waals surface area contributed by atoms with Gasteiger partial charge in [0.25, 0.3) is 11.8 Å². The number of nitrogens with one attached hydrogen (secondary N) is 3. The Morgan fingerprint density at radius 2 is 0.814 bits per heavy atom. The van der Waals surface area contributed by atoms with E-state index in [1.807, 2.05) is 0 Å². The third kappa shape index (κ3) is 20.2. The summed E-state index contributed by atoms with van der Waals surface area (Å²) in [4.78, 5) is 39.0. The molecule has 8 rings (SSSR count). The van der Waals surface area contributed by atoms with Crippen molar-refractivity contribution in [3.63, 3.8) is 0 Å². The Morgan fingerprint density at radius 1 is 0.464 bits per heavy atom. The van der Waals surface area contributed by atoms with Gasteiger partial charge in [0.05, 0.1) is 27.5 Å². The molecule has 0 aliphatic carbocycles. The van der Waals surface area contributed by atoms with Crippen molar-refractivity contribution >= 4 is 40.9 Å². The summed E-state index contributed by atoms with van der Waals surface area (Å²) in [7, 11) is 0. The molecule has 0 spiro atoms. The van der Waals surface area contributed by atoms with Gasteiger partial charge >= 0.3 is 37.4 Å². The molecular formula is C66H52Cl2F20N4O5. The van der Waals surface area contributed by atoms with E-state index in [1.165, 1.54) is 24.3 Å². The average Bonchev–Trinajstić information content (AvgIpc) is 0.760. The van der Waals surface area contributed by atoms with Gasteiger partial charge in [0, 0.05) is 67.2 Å². The molecule has 31 heteroatoms. The molecule has 0 radical (unpaired) electrons. The fourth-order valence-corrected chi connectivity index (χ4v) is 9.55. The van der Waals surface area contributed by atoms with Gasteiger partial charge in [-0.3, -0.25) is 14.4 Å². The molecule has 8 aromatic carbocycles. The van der Waals surface area contributed by atoms with E-state index >= 15 is 8.78 Å². The number of hydrogen-bond donors (Lipinski definition) is 4. The summed E-state index contributed by atoms with van der Waals surface area (Å²) in [5.74, 6) is -13.0. The fourth-order valence-electron chi connectivity index (χ4n) is 9.55. The SMILES string of the molecule is C.CC(=O)NCc1cc([C@@](Cc2ccccc2)(NC(=O)c2ccc(F)c(C(F)(F)F)c2)c2cc(F)cc(OC(F)(F)C(F)F)c2)ccc1F.ClCCl.NCc1cc([C@@](Cc2ccccc2)(NC(=O)c2ccc(F)c(C(F)(F)F)c2)c2cc(F)cc(OC(F)(F)C(F)F)c2)ccc1F. The molecule has 0 saturated heterocycles. The van der Waals surface area contributed by atoms with E-state index in [2.05, 4.69) is 25.4 Å². The molecule has 9 nitrogen and oxygen atoms in total. The van der Waals surface area contributed by atoms with Crippen molar-refractivity contribution in [2.45, 2.75) is 88.8 Å². The number of halogens is 22. The van der Waals surface area contributed by atoms with Crippen LogP contribution in [0, 0.1) is 34.9 Å². The Labute approximate surface area is 549 Å². The first-order valence-electron chi connectivity index (χ1n) is 27.3. The molecule has 8 aromatic rings. The summed E-state index contributed by atoms with van der Waals surface area (Å²) < 4.78 is 284. The van der Waals surface area contributed by atoms with Gasteiger partial charge in [-0.05, 0) is 118 Å². The minimum absolute atomic E-state index is 0. The van der Waals surface area contributed by atoms with Gasteiger partial charge in [-0.1, -0.05) is 80.2 Å². The van der Waals surface area contributed by atoms with Crippen molar-refractivity contribution in [1.29, 1.82) is 0 Å². The second-order valence-electron chi connectivity index (χ2n) is 20.5. The lowest BCUT2D eigenvalue weighted by molar-refractivity contribution is -0.253. The zero-order valence-electron chi connectivity index (χ0n) is 48.8. The molecular weight excluding hydrogens is 1380 g/mol. The first kappa shape index (κ1) is 78.6. The second-order valence-corrected chi connectivity index (χ2v) is 21.3. The summed E-state index contributed by atoms with van der Waals surface area (Å²) >= 11 is 9.53. The van der Waals surface area contributed by atoms with Crippen molar-refractivity contribution in [1.82, 2.24) is 16.0 Å². The normalized spacial score (nSPS) is 12.9. The highest BCUT2D eigenvalue weighted by Crippen LogP contribution is 2.42. The van der Waals surface area contributed by atoms with E-state index in [0.717, 1.165) is 73.7 Å². The van der Waals surface area contributed by atoms with E-state index in [1.54, 1.807) is 36.4 Å². The van der Waals surface area contributed by atoms with Crippen LogP contribution in [0.25, 0.3) is 0 Å². The number of carbonyl (C=O) groups excluding carboxylic acids is 3. The quantitative estimate of drug-likeness (QED) is 0.0419. The number of benzene rings is 8. The number of rotatable bonds is 21. The molecule has 0 fully saturated rings. The third-order valence-corrected chi connectivity index (χ3v) is 13.9. The first-order chi connectivity index (χ1) is 44.9. The molecule has 3 amide bonds. The van der Waals surface area contributed by atoms with Gasteiger partial charge in [0.2, 0.25) is 5.91 Å². The topological polar surface area (TPSA) is 132 Å². The Kier molecular flexibility index (Phi) is 26.6. The van der Waals surface area contributed by atoms with Crippen molar-refractivity contribution in [3.8, 4) is 11.5 Å². The molecule has 0 aromatic heterocycles. The summed E-state index contributed by atoms with van der Waals surface area (Å²) in [5, 5.41) is 7.54. The maximum Gasteiger partial charge on any atom is 0.461 e. The molecule has 2 atom stereocenters. The number of amides is 3. The molecule has 0 aliphatic rings. The van der Waals surface area contributed by atoms with Crippen molar-refractivity contribution in [3.05, 3.63) is 272 Å². The third-order valence-electron chi connectivity index (χ3n) is 13.9. The zero-order valence-corrected chi connectivity index (χ0v) is 50.3. The van der Waals surface area contributed by atoms with Gasteiger partial charge in [-0.25, -0.2) is 26.3 Å². The number of nitrogens with two attached hydrogens (primary N) is 1. The van der Waals surface area contributed by atoms with Crippen LogP contribution in [0.4, 0.5) is 87.8 Å². The highest BCUT2D eigenvalue weighted by atomic mass is 35.5. The predicted molar refractivity (Wildman–Crippen MR) is 317 cm³/mol. The standard InChI is InChI=1S/C33H24F10N2O3.C31H22F10N2O2.CH2Cl2.CH4/c1-18(46)44-17-21-11-22(8-10-27(21)35)31(16-19-5-3-2-4-6-19,23-13-24(34)15-25(14-23)48-33(42,43)30(37)38)45-29(47)20-7-9-28(36)26(12-20)32(39,40)41;32-22-12-21(13-23(14-22)45-31(40,41)28(35)36)29(15-17-4-2-1-3-5-17,20-7-9-25(33)19(10-20)16-42)43-27(44)18-6-8-26(34)24(11-18)30(37,38)39;2-1-3;/h2-15,30H,16-17H2,1H3,(H,44,46)(H,45,47);1-14,28H,15-16,42H2,(H,43,44);1H2;1H4/t31-;29-;;/m11../s1. The molecule has 0 saturated carbocycles. The lowest BCUT2D eigenvalue weighted by atomic mass is 9.77. The first-order valence-corrected chi connectivity index (χ1v) is 28.4. The molecule has 5 N–H and O–H groups in total. The maximum absolute atomic E-state index is 15.1. The molecule has 0 heterocycles. The van der Waals surface area contributed by atoms with Crippen LogP contribution in [0.1, 0.15) is 90.7 Å². The van der Waals surface area contributed by atoms with Crippen LogP contribution in [0.3, 0.4) is 0 Å². The van der Waals surface area contributed by atoms with Gasteiger partial charge in [0.1, 0.15) is 46.4 Å². The monoisotopic (exact) mass is 1430 g/mol. The summed E-state index contributed by atoms with van der Waals surface area (Å²) in [6.07, 6.45) is -30.0. The second kappa shape index (κ2) is 32.8. The van der Waals surface area contributed by atoms with Crippen LogP contribution in [0.15, 0.2) is 170 Å². The molecule has 97 heavy (non-hydrogen) atoms. The van der Waals surface area contributed by atoms with Gasteiger partial charge < -0.3 is 31.2 Å². The van der Waals surface area contributed by atoms with Crippen molar-refractivity contribution < 1.29 is 112 Å². The van der Waals surface area contributed by atoms with E-state index in [9.17, 15) is 93.4 Å². The lowest BCUT2D eigenvalue weighted by Gasteiger charge is -2.37. The Hall–Kier alpha value is -9.09. The van der Waals surface area contributed by atoms with Gasteiger partial charge in [-0.2, -0.15) is 61.5 Å². The Bertz CT molecular complexity index is 4020. The summed E-state index contributed by atoms with van der Waals surface area (Å²) in [5.41, 5.74) is -4.30. The van der Waals surface area contributed by atoms with Crippen molar-refractivity contribution in [2.75, 3.05) is 5.34 Å². The fraction of sp³-hybridized carbons (Fsp3) is 0.227. The smallest absolute Gasteiger partial charge is 0.428 e. The van der Waals surface area contributed by atoms with E-state index in [0.29, 0.717) is 41.5 Å². The predicted octanol–water partition coefficient (Wildman–Crippen LogP) is 17.7. The largest absolute Gasteiger partial charge is 0.461 e. The van der Waals surface area contributed by atoms with E-state index in [4.69, 9.17) is 28.9 Å². The van der Waals surface area contributed by atoms with Gasteiger partial charge in [-0.15, -0.1) is 23.2 Å². The van der Waals surface area contributed by atoms with Crippen LogP contribution >= 0.6 is 23.2 Å². The molecule has 0 aliphatic heterocycles. The van der Waals surface area contributed by atoms with Gasteiger partial charge in [0.15, 0.2) is 0 Å². The Morgan fingerprint density at radius 3 is 1.15 bits per heavy atom. The van der Waals surface area contributed by atoms with Crippen LogP contribution < -0.4 is 31.2 Å². The van der Waals surface area contributed by atoms with E-state index in [-0.39, 0.29) is 60.1 Å². The van der Waals surface area contributed by atoms with Crippen LogP contribution in [0.2, 0.25) is 0 Å². The number of carbonyl (C=O) groups is 3. The highest BCUT2D eigenvalue weighted by molar-refractivity contribution is 6.40. The number of ether oxygens (including phenoxy) is 2. The summed E-state index contributed by atoms with van der Waals surface area (Å²) in [6, 6.07) is 28.2. The van der Waals surface area contributed by atoms with Crippen molar-refractivity contribution in [2.24, 2.45) is 5.73 Å². The minimum Gasteiger partial charge on any atom is -0.428 e. The zero-order chi connectivity index (χ0) is 71.3. The molecule has 0 unspecified atom stereocenters. The lowest BCUT2D eigenvalue weighted by Crippen LogP contribution is -2.49. The van der Waals surface area contributed by atoms with Crippen LogP contribution in [-0.4, -0.2) is 48.1 Å². The number of hydrogen-bond acceptors (Lipinski definition) is 6. The van der Waals surface area contributed by atoms with Crippen LogP contribution in [0.5, 0.6) is 11.5 Å². The number of alkyl halides is 16. The molecule has 520 valence electrons. The minimum atomic E-state index is -5.22. The average molecular weight is 1430 g/mol. The highest BCUT2D eigenvalue weighted by Gasteiger charge is 2.47. The summed E-state index contributed by atoms with van der Waals surface area (Å²) in [6.45, 7) is 0.346. The van der Waals surface area contributed by atoms with Crippen LogP contribution in [-0.2, 0) is 54.2 Å². The Balaban J connectivity index is 0.000000334.